The summed E-state index contributed by atoms with van der Waals surface area (Å²) in [6.45, 7) is 1.66. The molecule has 3 aromatic carbocycles. The fraction of sp³-hybridized carbons (Fsp3) is 0.269. The van der Waals surface area contributed by atoms with Gasteiger partial charge in [0.2, 0.25) is 5.91 Å². The molecule has 33 heavy (non-hydrogen) atoms. The molecule has 1 amide bonds. The molecule has 1 fully saturated rings. The van der Waals surface area contributed by atoms with Gasteiger partial charge in [-0.3, -0.25) is 4.79 Å². The first-order valence-electron chi connectivity index (χ1n) is 10.9. The minimum atomic E-state index is -0.455. The Bertz CT molecular complexity index is 1120. The maximum Gasteiger partial charge on any atom is 0.224 e. The number of halogens is 1. The number of carbonyl (C=O) groups excluding carboxylic acids is 1. The fourth-order valence-electron chi connectivity index (χ4n) is 3.91. The van der Waals surface area contributed by atoms with Crippen LogP contribution >= 0.6 is 0 Å². The number of carbonyl (C=O) groups is 1. The summed E-state index contributed by atoms with van der Waals surface area (Å²) in [4.78, 5) is 14.3. The molecule has 172 valence electrons. The van der Waals surface area contributed by atoms with Crippen molar-refractivity contribution < 1.29 is 18.7 Å². The standard InChI is InChI=1S/C26H28FN3O3/c1-17(31)30(25-13-19(27)8-11-26(25)33-22-6-4-3-5-7-22)16-18-12-23(32-2)9-10-24(18)29-21-14-20(28)15-21/h3-13,20-21,29H,14-16,28H2,1-2H3. The van der Waals surface area contributed by atoms with Crippen molar-refractivity contribution in [1.82, 2.24) is 0 Å². The van der Waals surface area contributed by atoms with E-state index < -0.39 is 5.82 Å². The third kappa shape index (κ3) is 5.43. The molecule has 0 aromatic heterocycles. The number of amides is 1. The van der Waals surface area contributed by atoms with Crippen molar-refractivity contribution in [2.24, 2.45) is 5.73 Å². The Morgan fingerprint density at radius 3 is 2.52 bits per heavy atom. The number of nitrogens with two attached hydrogens (primary N) is 1. The number of nitrogens with zero attached hydrogens (tertiary/aromatic N) is 1. The zero-order chi connectivity index (χ0) is 23.4. The van der Waals surface area contributed by atoms with E-state index in [1.165, 1.54) is 30.0 Å². The van der Waals surface area contributed by atoms with Crippen molar-refractivity contribution in [2.45, 2.75) is 38.4 Å². The number of rotatable bonds is 8. The molecule has 6 nitrogen and oxygen atoms in total. The predicted molar refractivity (Wildman–Crippen MR) is 127 cm³/mol. The Hall–Kier alpha value is -3.58. The molecule has 1 aliphatic rings. The second-order valence-corrected chi connectivity index (χ2v) is 8.23. The van der Waals surface area contributed by atoms with Crippen molar-refractivity contribution >= 4 is 17.3 Å². The normalized spacial score (nSPS) is 17.1. The number of para-hydroxylation sites is 1. The van der Waals surface area contributed by atoms with Crippen LogP contribution in [0.2, 0.25) is 0 Å². The average Bonchev–Trinajstić information content (AvgIpc) is 2.79. The van der Waals surface area contributed by atoms with Crippen LogP contribution < -0.4 is 25.4 Å². The lowest BCUT2D eigenvalue weighted by Crippen LogP contribution is -2.44. The van der Waals surface area contributed by atoms with Crippen molar-refractivity contribution in [3.05, 3.63) is 78.1 Å². The molecule has 0 radical (unpaired) electrons. The van der Waals surface area contributed by atoms with Crippen molar-refractivity contribution in [3.8, 4) is 17.2 Å². The lowest BCUT2D eigenvalue weighted by atomic mass is 9.87. The third-order valence-electron chi connectivity index (χ3n) is 5.74. The van der Waals surface area contributed by atoms with Gasteiger partial charge in [-0.1, -0.05) is 18.2 Å². The number of hydrogen-bond donors (Lipinski definition) is 2. The van der Waals surface area contributed by atoms with Crippen LogP contribution in [0.3, 0.4) is 0 Å². The molecule has 1 saturated carbocycles. The molecule has 4 rings (SSSR count). The summed E-state index contributed by atoms with van der Waals surface area (Å²) in [6, 6.07) is 19.5. The number of methoxy groups -OCH3 is 1. The molecule has 0 bridgehead atoms. The summed E-state index contributed by atoms with van der Waals surface area (Å²) in [7, 11) is 1.60. The van der Waals surface area contributed by atoms with Crippen LogP contribution in [0.4, 0.5) is 15.8 Å². The molecule has 0 aliphatic heterocycles. The SMILES string of the molecule is COc1ccc(NC2CC(N)C2)c(CN(C(C)=O)c2cc(F)ccc2Oc2ccccc2)c1. The maximum absolute atomic E-state index is 14.3. The number of ether oxygens (including phenoxy) is 2. The third-order valence-corrected chi connectivity index (χ3v) is 5.74. The highest BCUT2D eigenvalue weighted by atomic mass is 19.1. The van der Waals surface area contributed by atoms with E-state index in [4.69, 9.17) is 15.2 Å². The monoisotopic (exact) mass is 449 g/mol. The van der Waals surface area contributed by atoms with E-state index in [0.29, 0.717) is 22.9 Å². The van der Waals surface area contributed by atoms with E-state index in [9.17, 15) is 9.18 Å². The van der Waals surface area contributed by atoms with Gasteiger partial charge in [0, 0.05) is 30.8 Å². The van der Waals surface area contributed by atoms with Crippen LogP contribution in [0.5, 0.6) is 17.2 Å². The molecule has 0 atom stereocenters. The molecule has 0 unspecified atom stereocenters. The Kier molecular flexibility index (Phi) is 6.79. The average molecular weight is 450 g/mol. The summed E-state index contributed by atoms with van der Waals surface area (Å²) in [5.41, 5.74) is 8.02. The van der Waals surface area contributed by atoms with Crippen molar-refractivity contribution in [3.63, 3.8) is 0 Å². The first-order valence-corrected chi connectivity index (χ1v) is 10.9. The van der Waals surface area contributed by atoms with Crippen molar-refractivity contribution in [1.29, 1.82) is 0 Å². The van der Waals surface area contributed by atoms with E-state index in [-0.39, 0.29) is 24.5 Å². The highest BCUT2D eigenvalue weighted by Gasteiger charge is 2.27. The van der Waals surface area contributed by atoms with E-state index in [0.717, 1.165) is 24.1 Å². The zero-order valence-corrected chi connectivity index (χ0v) is 18.8. The first-order chi connectivity index (χ1) is 15.9. The van der Waals surface area contributed by atoms with Crippen LogP contribution in [-0.4, -0.2) is 25.1 Å². The first kappa shape index (κ1) is 22.6. The van der Waals surface area contributed by atoms with Gasteiger partial charge < -0.3 is 25.4 Å². The van der Waals surface area contributed by atoms with E-state index >= 15 is 0 Å². The van der Waals surface area contributed by atoms with Gasteiger partial charge in [-0.2, -0.15) is 0 Å². The van der Waals surface area contributed by atoms with Crippen LogP contribution in [0, 0.1) is 5.82 Å². The highest BCUT2D eigenvalue weighted by Crippen LogP contribution is 2.36. The van der Waals surface area contributed by atoms with Crippen LogP contribution in [0.25, 0.3) is 0 Å². The lowest BCUT2D eigenvalue weighted by Gasteiger charge is -2.35. The topological polar surface area (TPSA) is 76.8 Å². The van der Waals surface area contributed by atoms with Gasteiger partial charge in [0.05, 0.1) is 19.3 Å². The number of hydrogen-bond acceptors (Lipinski definition) is 5. The molecule has 1 aliphatic carbocycles. The molecular formula is C26H28FN3O3. The Labute approximate surface area is 193 Å². The summed E-state index contributed by atoms with van der Waals surface area (Å²) >= 11 is 0. The van der Waals surface area contributed by atoms with Gasteiger partial charge in [-0.25, -0.2) is 4.39 Å². The maximum atomic E-state index is 14.3. The molecule has 7 heteroatoms. The number of anilines is 2. The minimum absolute atomic E-state index is 0.211. The Morgan fingerprint density at radius 2 is 1.85 bits per heavy atom. The molecular weight excluding hydrogens is 421 g/mol. The van der Waals surface area contributed by atoms with Gasteiger partial charge >= 0.3 is 0 Å². The molecule has 0 heterocycles. The molecule has 3 aromatic rings. The zero-order valence-electron chi connectivity index (χ0n) is 18.8. The smallest absolute Gasteiger partial charge is 0.224 e. The lowest BCUT2D eigenvalue weighted by molar-refractivity contribution is -0.116. The predicted octanol–water partition coefficient (Wildman–Crippen LogP) is 5.08. The van der Waals surface area contributed by atoms with Crippen molar-refractivity contribution in [2.75, 3.05) is 17.3 Å². The van der Waals surface area contributed by atoms with Crippen LogP contribution in [-0.2, 0) is 11.3 Å². The molecule has 3 N–H and O–H groups in total. The van der Waals surface area contributed by atoms with Crippen LogP contribution in [0.15, 0.2) is 66.7 Å². The highest BCUT2D eigenvalue weighted by molar-refractivity contribution is 5.93. The number of nitrogens with one attached hydrogen (secondary N) is 1. The Morgan fingerprint density at radius 1 is 1.09 bits per heavy atom. The second kappa shape index (κ2) is 9.92. The molecule has 0 saturated heterocycles. The van der Waals surface area contributed by atoms with Gasteiger partial charge in [0.15, 0.2) is 5.75 Å². The molecule has 0 spiro atoms. The Balaban J connectivity index is 1.67. The quantitative estimate of drug-likeness (QED) is 0.501. The van der Waals surface area contributed by atoms with Gasteiger partial charge in [0.25, 0.3) is 0 Å². The summed E-state index contributed by atoms with van der Waals surface area (Å²) < 4.78 is 25.7. The summed E-state index contributed by atoms with van der Waals surface area (Å²) in [5, 5.41) is 3.51. The fourth-order valence-corrected chi connectivity index (χ4v) is 3.91. The van der Waals surface area contributed by atoms with Gasteiger partial charge in [-0.15, -0.1) is 0 Å². The van der Waals surface area contributed by atoms with Gasteiger partial charge in [0.1, 0.15) is 17.3 Å². The largest absolute Gasteiger partial charge is 0.497 e. The van der Waals surface area contributed by atoms with E-state index in [1.807, 2.05) is 36.4 Å². The summed E-state index contributed by atoms with van der Waals surface area (Å²) in [5.74, 6) is 0.963. The summed E-state index contributed by atoms with van der Waals surface area (Å²) in [6.07, 6.45) is 1.78. The van der Waals surface area contributed by atoms with E-state index in [2.05, 4.69) is 5.32 Å². The second-order valence-electron chi connectivity index (χ2n) is 8.23. The van der Waals surface area contributed by atoms with Crippen LogP contribution in [0.1, 0.15) is 25.3 Å². The minimum Gasteiger partial charge on any atom is -0.497 e. The number of benzene rings is 3. The van der Waals surface area contributed by atoms with E-state index in [1.54, 1.807) is 19.2 Å². The van der Waals surface area contributed by atoms with Gasteiger partial charge in [-0.05, 0) is 60.9 Å².